The van der Waals surface area contributed by atoms with Crippen molar-refractivity contribution in [2.24, 2.45) is 0 Å². The Morgan fingerprint density at radius 1 is 1.25 bits per heavy atom. The van der Waals surface area contributed by atoms with E-state index in [9.17, 15) is 0 Å². The van der Waals surface area contributed by atoms with Crippen LogP contribution in [0.15, 0.2) is 22.8 Å². The minimum absolute atomic E-state index is 0.431. The molecule has 0 amide bonds. The SMILES string of the molecule is CC1=CC2=C(CCCC2)[C]1([Ti])C[Si](C)(C)C. The molecule has 0 bridgehead atoms. The van der Waals surface area contributed by atoms with Gasteiger partial charge in [0.25, 0.3) is 0 Å². The van der Waals surface area contributed by atoms with Gasteiger partial charge in [-0.15, -0.1) is 0 Å². The number of rotatable bonds is 2. The maximum absolute atomic E-state index is 2.51. The Morgan fingerprint density at radius 3 is 2.50 bits per heavy atom. The molecular formula is C14H23SiTi. The van der Waals surface area contributed by atoms with Crippen molar-refractivity contribution in [2.45, 2.75) is 62.0 Å². The topological polar surface area (TPSA) is 0 Å². The van der Waals surface area contributed by atoms with Gasteiger partial charge in [-0.05, 0) is 0 Å². The molecule has 0 N–H and O–H groups in total. The molecule has 0 aliphatic heterocycles. The Balaban J connectivity index is 2.33. The zero-order valence-electron chi connectivity index (χ0n) is 11.1. The third-order valence-electron chi connectivity index (χ3n) is 3.89. The van der Waals surface area contributed by atoms with E-state index in [1.807, 2.05) is 0 Å². The summed E-state index contributed by atoms with van der Waals surface area (Å²) in [7, 11) is -0.988. The van der Waals surface area contributed by atoms with E-state index < -0.39 is 8.07 Å². The van der Waals surface area contributed by atoms with Crippen molar-refractivity contribution in [1.29, 1.82) is 0 Å². The average molecular weight is 267 g/mol. The molecule has 2 aliphatic carbocycles. The van der Waals surface area contributed by atoms with Crippen molar-refractivity contribution in [1.82, 2.24) is 0 Å². The van der Waals surface area contributed by atoms with Crippen molar-refractivity contribution in [3.63, 3.8) is 0 Å². The zero-order valence-corrected chi connectivity index (χ0v) is 13.7. The Hall–Kier alpha value is 0.411. The monoisotopic (exact) mass is 267 g/mol. The molecule has 0 fully saturated rings. The van der Waals surface area contributed by atoms with Gasteiger partial charge in [-0.3, -0.25) is 0 Å². The molecule has 1 unspecified atom stereocenters. The van der Waals surface area contributed by atoms with E-state index in [0.717, 1.165) is 0 Å². The third kappa shape index (κ3) is 2.32. The first kappa shape index (κ1) is 12.9. The first-order valence-corrected chi connectivity index (χ1v) is 11.0. The predicted octanol–water partition coefficient (Wildman–Crippen LogP) is 4.86. The molecule has 2 aliphatic rings. The second kappa shape index (κ2) is 4.26. The Labute approximate surface area is 113 Å². The van der Waals surface area contributed by atoms with Crippen molar-refractivity contribution in [3.8, 4) is 0 Å². The van der Waals surface area contributed by atoms with Crippen molar-refractivity contribution < 1.29 is 20.4 Å². The van der Waals surface area contributed by atoms with E-state index in [4.69, 9.17) is 0 Å². The summed E-state index contributed by atoms with van der Waals surface area (Å²) in [5, 5.41) is 0. The summed E-state index contributed by atoms with van der Waals surface area (Å²) in [4.78, 5) is 0. The second-order valence-corrected chi connectivity index (χ2v) is 13.5. The Morgan fingerprint density at radius 2 is 1.88 bits per heavy atom. The summed E-state index contributed by atoms with van der Waals surface area (Å²) in [5.74, 6) is 0. The first-order chi connectivity index (χ1) is 7.33. The molecule has 87 valence electrons. The van der Waals surface area contributed by atoms with Crippen LogP contribution in [0.5, 0.6) is 0 Å². The quantitative estimate of drug-likeness (QED) is 0.627. The van der Waals surface area contributed by atoms with Crippen LogP contribution >= 0.6 is 0 Å². The fourth-order valence-corrected chi connectivity index (χ4v) is 8.37. The molecule has 0 saturated carbocycles. The predicted molar refractivity (Wildman–Crippen MR) is 70.1 cm³/mol. The fourth-order valence-electron chi connectivity index (χ4n) is 3.24. The third-order valence-corrected chi connectivity index (χ3v) is 7.39. The van der Waals surface area contributed by atoms with E-state index in [1.165, 1.54) is 31.7 Å². The molecule has 0 aromatic carbocycles. The van der Waals surface area contributed by atoms with Gasteiger partial charge in [-0.25, -0.2) is 0 Å². The standard InChI is InChI=1S/C14H23Si.Ti/c1-11-9-12-7-5-6-8-13(12)14(11)10-15(2,3)4;/h9H,5-8,10H2,1-4H3;. The van der Waals surface area contributed by atoms with Crippen LogP contribution in [0.2, 0.25) is 29.4 Å². The van der Waals surface area contributed by atoms with Crippen LogP contribution in [-0.4, -0.2) is 8.07 Å². The molecule has 2 rings (SSSR count). The molecule has 0 saturated heterocycles. The summed E-state index contributed by atoms with van der Waals surface area (Å²) in [6, 6.07) is 1.43. The van der Waals surface area contributed by atoms with Gasteiger partial charge in [0.15, 0.2) is 0 Å². The van der Waals surface area contributed by atoms with E-state index in [0.29, 0.717) is 3.72 Å². The van der Waals surface area contributed by atoms with Crippen molar-refractivity contribution in [3.05, 3.63) is 22.8 Å². The summed E-state index contributed by atoms with van der Waals surface area (Å²) in [5.41, 5.74) is 5.14. The van der Waals surface area contributed by atoms with Gasteiger partial charge in [0.2, 0.25) is 0 Å². The normalized spacial score (nSPS) is 30.3. The summed E-state index contributed by atoms with van der Waals surface area (Å²) >= 11 is 2.50. The molecule has 1 atom stereocenters. The molecule has 0 heterocycles. The van der Waals surface area contributed by atoms with Gasteiger partial charge in [0, 0.05) is 0 Å². The molecule has 2 heteroatoms. The van der Waals surface area contributed by atoms with Gasteiger partial charge in [0.05, 0.1) is 0 Å². The van der Waals surface area contributed by atoms with E-state index in [-0.39, 0.29) is 0 Å². The summed E-state index contributed by atoms with van der Waals surface area (Å²) in [6.45, 7) is 9.88. The van der Waals surface area contributed by atoms with Crippen LogP contribution in [0.25, 0.3) is 0 Å². The zero-order chi connectivity index (χ0) is 12.0. The van der Waals surface area contributed by atoms with Crippen molar-refractivity contribution >= 4 is 8.07 Å². The molecule has 0 nitrogen and oxygen atoms in total. The van der Waals surface area contributed by atoms with Gasteiger partial charge < -0.3 is 0 Å². The van der Waals surface area contributed by atoms with Crippen LogP contribution in [0, 0.1) is 0 Å². The molecule has 0 radical (unpaired) electrons. The van der Waals surface area contributed by atoms with Crippen LogP contribution in [-0.2, 0) is 20.4 Å². The summed E-state index contributed by atoms with van der Waals surface area (Å²) in [6.07, 6.45) is 8.04. The molecule has 0 aromatic rings. The first-order valence-electron chi connectivity index (χ1n) is 6.49. The Bertz CT molecular complexity index is 359. The average Bonchev–Trinajstić information content (AvgIpc) is 2.37. The van der Waals surface area contributed by atoms with Crippen molar-refractivity contribution in [2.75, 3.05) is 0 Å². The number of hydrogen-bond donors (Lipinski definition) is 0. The van der Waals surface area contributed by atoms with E-state index in [2.05, 4.69) is 53.1 Å². The number of hydrogen-bond acceptors (Lipinski definition) is 0. The van der Waals surface area contributed by atoms with Crippen LogP contribution < -0.4 is 0 Å². The Kier molecular flexibility index (Phi) is 3.42. The molecule has 16 heavy (non-hydrogen) atoms. The molecule has 0 aromatic heterocycles. The van der Waals surface area contributed by atoms with Gasteiger partial charge in [0.1, 0.15) is 0 Å². The van der Waals surface area contributed by atoms with E-state index in [1.54, 1.807) is 16.7 Å². The number of allylic oxidation sites excluding steroid dienone is 4. The van der Waals surface area contributed by atoms with Gasteiger partial charge in [-0.2, -0.15) is 0 Å². The second-order valence-electron chi connectivity index (χ2n) is 6.68. The molecule has 0 spiro atoms. The minimum atomic E-state index is -0.988. The van der Waals surface area contributed by atoms with Gasteiger partial charge >= 0.3 is 113 Å². The summed E-state index contributed by atoms with van der Waals surface area (Å²) < 4.78 is 0.431. The maximum atomic E-state index is 2.51. The molecular weight excluding hydrogens is 244 g/mol. The van der Waals surface area contributed by atoms with Crippen LogP contribution in [0.1, 0.15) is 32.6 Å². The fraction of sp³-hybridized carbons (Fsp3) is 0.714. The van der Waals surface area contributed by atoms with Gasteiger partial charge in [-0.1, -0.05) is 0 Å². The van der Waals surface area contributed by atoms with Crippen LogP contribution in [0.3, 0.4) is 0 Å². The van der Waals surface area contributed by atoms with Crippen LogP contribution in [0.4, 0.5) is 0 Å². The van der Waals surface area contributed by atoms with E-state index >= 15 is 0 Å².